The average molecular weight is 374 g/mol. The van der Waals surface area contributed by atoms with Crippen LogP contribution >= 0.6 is 11.3 Å². The Kier molecular flexibility index (Phi) is 6.80. The summed E-state index contributed by atoms with van der Waals surface area (Å²) in [5.74, 6) is 0.132. The van der Waals surface area contributed by atoms with E-state index in [4.69, 9.17) is 9.47 Å². The molecule has 138 valence electrons. The minimum absolute atomic E-state index is 0.0122. The molecule has 0 bridgehead atoms. The number of hydrogen-bond acceptors (Lipinski definition) is 5. The van der Waals surface area contributed by atoms with E-state index in [1.165, 1.54) is 13.2 Å². The average Bonchev–Trinajstić information content (AvgIpc) is 3.03. The summed E-state index contributed by atoms with van der Waals surface area (Å²) in [6.07, 6.45) is 3.05. The van der Waals surface area contributed by atoms with Crippen LogP contribution in [0.25, 0.3) is 6.08 Å². The predicted molar refractivity (Wildman–Crippen MR) is 102 cm³/mol. The number of benzene rings is 1. The SMILES string of the molecule is COc1cc(C(=O)NNC(=O)/C=C/c2ccc(C)s2)ccc1OC(C)C. The van der Waals surface area contributed by atoms with Gasteiger partial charge in [0.05, 0.1) is 13.2 Å². The summed E-state index contributed by atoms with van der Waals surface area (Å²) in [5, 5.41) is 0. The molecule has 0 saturated carbocycles. The van der Waals surface area contributed by atoms with E-state index in [9.17, 15) is 9.59 Å². The Morgan fingerprint density at radius 2 is 1.88 bits per heavy atom. The van der Waals surface area contributed by atoms with Gasteiger partial charge in [0.2, 0.25) is 0 Å². The summed E-state index contributed by atoms with van der Waals surface area (Å²) in [7, 11) is 1.50. The van der Waals surface area contributed by atoms with E-state index in [2.05, 4.69) is 10.9 Å². The lowest BCUT2D eigenvalue weighted by Gasteiger charge is -2.14. The van der Waals surface area contributed by atoms with Crippen LogP contribution in [0, 0.1) is 6.92 Å². The third kappa shape index (κ3) is 5.63. The number of hydrazine groups is 1. The maximum atomic E-state index is 12.2. The predicted octanol–water partition coefficient (Wildman–Crippen LogP) is 3.33. The molecule has 2 amide bonds. The second-order valence-electron chi connectivity index (χ2n) is 5.76. The number of thiophene rings is 1. The van der Waals surface area contributed by atoms with E-state index < -0.39 is 11.8 Å². The van der Waals surface area contributed by atoms with Crippen molar-refractivity contribution in [2.45, 2.75) is 26.9 Å². The number of amides is 2. The minimum atomic E-state index is -0.451. The molecule has 2 aromatic rings. The lowest BCUT2D eigenvalue weighted by atomic mass is 10.2. The highest BCUT2D eigenvalue weighted by molar-refractivity contribution is 7.12. The fraction of sp³-hybridized carbons (Fsp3) is 0.263. The topological polar surface area (TPSA) is 76.7 Å². The van der Waals surface area contributed by atoms with Gasteiger partial charge in [-0.1, -0.05) is 0 Å². The monoisotopic (exact) mass is 374 g/mol. The number of nitrogens with one attached hydrogen (secondary N) is 2. The Bertz CT molecular complexity index is 812. The Morgan fingerprint density at radius 1 is 1.12 bits per heavy atom. The fourth-order valence-electron chi connectivity index (χ4n) is 2.09. The van der Waals surface area contributed by atoms with Gasteiger partial charge in [0.15, 0.2) is 11.5 Å². The van der Waals surface area contributed by atoms with Gasteiger partial charge in [-0.25, -0.2) is 0 Å². The molecule has 0 aliphatic rings. The fourth-order valence-corrected chi connectivity index (χ4v) is 2.87. The van der Waals surface area contributed by atoms with Crippen LogP contribution in [-0.2, 0) is 4.79 Å². The first kappa shape index (κ1) is 19.5. The summed E-state index contributed by atoms with van der Waals surface area (Å²) in [6.45, 7) is 5.80. The highest BCUT2D eigenvalue weighted by atomic mass is 32.1. The third-order valence-corrected chi connectivity index (χ3v) is 4.21. The number of methoxy groups -OCH3 is 1. The van der Waals surface area contributed by atoms with Crippen LogP contribution in [0.1, 0.15) is 34.0 Å². The van der Waals surface area contributed by atoms with Crippen LogP contribution in [0.5, 0.6) is 11.5 Å². The molecule has 1 aromatic heterocycles. The smallest absolute Gasteiger partial charge is 0.269 e. The molecule has 0 aliphatic carbocycles. The van der Waals surface area contributed by atoms with Crippen molar-refractivity contribution in [1.29, 1.82) is 0 Å². The molecule has 2 rings (SSSR count). The zero-order chi connectivity index (χ0) is 19.1. The number of carbonyl (C=O) groups is 2. The number of rotatable bonds is 6. The second-order valence-corrected chi connectivity index (χ2v) is 7.08. The Labute approximate surface area is 156 Å². The molecule has 1 heterocycles. The van der Waals surface area contributed by atoms with Gasteiger partial charge < -0.3 is 9.47 Å². The maximum Gasteiger partial charge on any atom is 0.269 e. The van der Waals surface area contributed by atoms with Gasteiger partial charge >= 0.3 is 0 Å². The van der Waals surface area contributed by atoms with Gasteiger partial charge in [-0.3, -0.25) is 20.4 Å². The van der Waals surface area contributed by atoms with Gasteiger partial charge in [-0.05, 0) is 57.2 Å². The lowest BCUT2D eigenvalue weighted by molar-refractivity contribution is -0.117. The highest BCUT2D eigenvalue weighted by Gasteiger charge is 2.12. The molecule has 0 radical (unpaired) electrons. The number of aryl methyl sites for hydroxylation is 1. The van der Waals surface area contributed by atoms with Crippen molar-refractivity contribution >= 4 is 29.2 Å². The molecule has 0 saturated heterocycles. The molecule has 0 atom stereocenters. The largest absolute Gasteiger partial charge is 0.493 e. The van der Waals surface area contributed by atoms with Crippen molar-refractivity contribution in [3.05, 3.63) is 51.7 Å². The molecule has 6 nitrogen and oxygen atoms in total. The molecular weight excluding hydrogens is 352 g/mol. The van der Waals surface area contributed by atoms with E-state index in [0.717, 1.165) is 9.75 Å². The van der Waals surface area contributed by atoms with Crippen LogP contribution < -0.4 is 20.3 Å². The van der Waals surface area contributed by atoms with Crippen LogP contribution in [0.15, 0.2) is 36.4 Å². The van der Waals surface area contributed by atoms with E-state index >= 15 is 0 Å². The van der Waals surface area contributed by atoms with Gasteiger partial charge in [-0.15, -0.1) is 11.3 Å². The van der Waals surface area contributed by atoms with E-state index in [-0.39, 0.29) is 6.10 Å². The summed E-state index contributed by atoms with van der Waals surface area (Å²) >= 11 is 1.58. The minimum Gasteiger partial charge on any atom is -0.493 e. The third-order valence-electron chi connectivity index (χ3n) is 3.25. The summed E-state index contributed by atoms with van der Waals surface area (Å²) in [6, 6.07) is 8.73. The summed E-state index contributed by atoms with van der Waals surface area (Å²) in [4.78, 5) is 26.1. The normalized spacial score (nSPS) is 10.8. The standard InChI is InChI=1S/C19H22N2O4S/c1-12(2)25-16-9-6-14(11-17(16)24-4)19(23)21-20-18(22)10-8-15-7-5-13(3)26-15/h5-12H,1-4H3,(H,20,22)(H,21,23)/b10-8+. The Balaban J connectivity index is 1.94. The lowest BCUT2D eigenvalue weighted by Crippen LogP contribution is -2.40. The first-order valence-corrected chi connectivity index (χ1v) is 8.90. The van der Waals surface area contributed by atoms with Crippen molar-refractivity contribution in [2.24, 2.45) is 0 Å². The van der Waals surface area contributed by atoms with Crippen LogP contribution in [0.4, 0.5) is 0 Å². The first-order chi connectivity index (χ1) is 12.4. The molecule has 1 aromatic carbocycles. The Morgan fingerprint density at radius 3 is 2.50 bits per heavy atom. The number of ether oxygens (including phenoxy) is 2. The summed E-state index contributed by atoms with van der Waals surface area (Å²) < 4.78 is 10.9. The Hall–Kier alpha value is -2.80. The number of hydrogen-bond donors (Lipinski definition) is 2. The maximum absolute atomic E-state index is 12.2. The van der Waals surface area contributed by atoms with Crippen LogP contribution in [0.3, 0.4) is 0 Å². The van der Waals surface area contributed by atoms with Crippen molar-refractivity contribution in [1.82, 2.24) is 10.9 Å². The highest BCUT2D eigenvalue weighted by Crippen LogP contribution is 2.28. The van der Waals surface area contributed by atoms with E-state index in [1.807, 2.05) is 32.9 Å². The number of carbonyl (C=O) groups excluding carboxylic acids is 2. The molecule has 0 fully saturated rings. The van der Waals surface area contributed by atoms with Gasteiger partial charge in [0, 0.05) is 21.4 Å². The van der Waals surface area contributed by atoms with Crippen molar-refractivity contribution in [2.75, 3.05) is 7.11 Å². The molecule has 7 heteroatoms. The van der Waals surface area contributed by atoms with E-state index in [1.54, 1.807) is 35.6 Å². The molecule has 0 aliphatic heterocycles. The van der Waals surface area contributed by atoms with Crippen LogP contribution in [-0.4, -0.2) is 25.0 Å². The second kappa shape index (κ2) is 9.05. The van der Waals surface area contributed by atoms with Crippen molar-refractivity contribution in [3.8, 4) is 11.5 Å². The van der Waals surface area contributed by atoms with E-state index in [0.29, 0.717) is 17.1 Å². The van der Waals surface area contributed by atoms with Gasteiger partial charge in [0.1, 0.15) is 0 Å². The molecule has 26 heavy (non-hydrogen) atoms. The quantitative estimate of drug-likeness (QED) is 0.601. The van der Waals surface area contributed by atoms with Crippen molar-refractivity contribution < 1.29 is 19.1 Å². The van der Waals surface area contributed by atoms with Gasteiger partial charge in [0.25, 0.3) is 11.8 Å². The zero-order valence-electron chi connectivity index (χ0n) is 15.2. The summed E-state index contributed by atoms with van der Waals surface area (Å²) in [5.41, 5.74) is 5.06. The zero-order valence-corrected chi connectivity index (χ0v) is 16.0. The molecule has 2 N–H and O–H groups in total. The molecule has 0 spiro atoms. The van der Waals surface area contributed by atoms with Gasteiger partial charge in [-0.2, -0.15) is 0 Å². The first-order valence-electron chi connectivity index (χ1n) is 8.08. The van der Waals surface area contributed by atoms with Crippen molar-refractivity contribution in [3.63, 3.8) is 0 Å². The molecular formula is C19H22N2O4S. The molecule has 0 unspecified atom stereocenters. The van der Waals surface area contributed by atoms with Crippen LogP contribution in [0.2, 0.25) is 0 Å².